The van der Waals surface area contributed by atoms with Gasteiger partial charge in [-0.15, -0.1) is 0 Å². The molecule has 1 aromatic rings. The van der Waals surface area contributed by atoms with Crippen molar-refractivity contribution < 1.29 is 9.90 Å². The van der Waals surface area contributed by atoms with Crippen LogP contribution in [0.1, 0.15) is 24.5 Å². The minimum Gasteiger partial charge on any atom is -0.384 e. The second-order valence-electron chi connectivity index (χ2n) is 4.84. The quantitative estimate of drug-likeness (QED) is 0.798. The van der Waals surface area contributed by atoms with Crippen LogP contribution in [0.5, 0.6) is 0 Å². The Morgan fingerprint density at radius 1 is 1.40 bits per heavy atom. The Morgan fingerprint density at radius 2 is 2.15 bits per heavy atom. The first kappa shape index (κ1) is 14.6. The molecule has 1 aliphatic rings. The van der Waals surface area contributed by atoms with Crippen LogP contribution in [0.15, 0.2) is 24.3 Å². The summed E-state index contributed by atoms with van der Waals surface area (Å²) in [4.78, 5) is 14.0. The van der Waals surface area contributed by atoms with Gasteiger partial charge in [-0.05, 0) is 24.1 Å². The predicted octanol–water partition coefficient (Wildman–Crippen LogP) is 0.741. The van der Waals surface area contributed by atoms with Gasteiger partial charge in [0.15, 0.2) is 0 Å². The van der Waals surface area contributed by atoms with Crippen LogP contribution in [0, 0.1) is 11.8 Å². The van der Waals surface area contributed by atoms with Gasteiger partial charge in [0, 0.05) is 25.2 Å². The third kappa shape index (κ3) is 3.60. The van der Waals surface area contributed by atoms with Crippen molar-refractivity contribution in [2.24, 2.45) is 0 Å². The first-order chi connectivity index (χ1) is 9.74. The van der Waals surface area contributed by atoms with Crippen LogP contribution >= 0.6 is 0 Å². The summed E-state index contributed by atoms with van der Waals surface area (Å²) in [5.41, 5.74) is 2.07. The van der Waals surface area contributed by atoms with Crippen molar-refractivity contribution >= 4 is 5.91 Å². The minimum absolute atomic E-state index is 0.0300. The van der Waals surface area contributed by atoms with Crippen LogP contribution in [0.25, 0.3) is 0 Å². The van der Waals surface area contributed by atoms with E-state index < -0.39 is 0 Å². The van der Waals surface area contributed by atoms with Crippen LogP contribution in [0.4, 0.5) is 0 Å². The highest BCUT2D eigenvalue weighted by atomic mass is 16.2. The number of nitrogens with one attached hydrogen (secondary N) is 1. The Kier molecular flexibility index (Phi) is 5.16. The van der Waals surface area contributed by atoms with E-state index in [1.807, 2.05) is 31.2 Å². The van der Waals surface area contributed by atoms with Crippen LogP contribution in [0.3, 0.4) is 0 Å². The van der Waals surface area contributed by atoms with E-state index in [-0.39, 0.29) is 18.6 Å². The Balaban J connectivity index is 2.03. The van der Waals surface area contributed by atoms with Gasteiger partial charge in [-0.3, -0.25) is 9.69 Å². The number of hydrogen-bond acceptors (Lipinski definition) is 3. The van der Waals surface area contributed by atoms with Crippen molar-refractivity contribution in [3.8, 4) is 11.8 Å². The topological polar surface area (TPSA) is 52.6 Å². The number of rotatable bonds is 3. The summed E-state index contributed by atoms with van der Waals surface area (Å²) in [7, 11) is 0. The molecule has 0 radical (unpaired) electrons. The number of hydrogen-bond donors (Lipinski definition) is 2. The van der Waals surface area contributed by atoms with E-state index in [0.29, 0.717) is 0 Å². The summed E-state index contributed by atoms with van der Waals surface area (Å²) in [6.45, 7) is 4.30. The zero-order valence-electron chi connectivity index (χ0n) is 11.7. The van der Waals surface area contributed by atoms with Crippen LogP contribution in [-0.4, -0.2) is 41.7 Å². The zero-order chi connectivity index (χ0) is 14.4. The Hall–Kier alpha value is -1.83. The SMILES string of the molecule is CCC1C(=O)NCCN1Cc1ccc(C#CCO)cc1. The van der Waals surface area contributed by atoms with Gasteiger partial charge >= 0.3 is 0 Å². The molecule has 4 heteroatoms. The van der Waals surface area contributed by atoms with Crippen molar-refractivity contribution in [2.45, 2.75) is 25.9 Å². The van der Waals surface area contributed by atoms with Gasteiger partial charge in [0.25, 0.3) is 0 Å². The highest BCUT2D eigenvalue weighted by molar-refractivity contribution is 5.82. The van der Waals surface area contributed by atoms with E-state index in [0.717, 1.165) is 31.6 Å². The first-order valence-electron chi connectivity index (χ1n) is 6.95. The fraction of sp³-hybridized carbons (Fsp3) is 0.438. The summed E-state index contributed by atoms with van der Waals surface area (Å²) in [6, 6.07) is 7.92. The van der Waals surface area contributed by atoms with Gasteiger partial charge in [0.1, 0.15) is 6.61 Å². The number of carbonyl (C=O) groups excluding carboxylic acids is 1. The Bertz CT molecular complexity index is 514. The van der Waals surface area contributed by atoms with E-state index in [9.17, 15) is 4.79 Å². The molecule has 4 nitrogen and oxygen atoms in total. The molecule has 2 N–H and O–H groups in total. The summed E-state index contributed by atoms with van der Waals surface area (Å²) < 4.78 is 0. The maximum Gasteiger partial charge on any atom is 0.237 e. The van der Waals surface area contributed by atoms with E-state index >= 15 is 0 Å². The third-order valence-electron chi connectivity index (χ3n) is 3.48. The van der Waals surface area contributed by atoms with Gasteiger partial charge in [-0.25, -0.2) is 0 Å². The van der Waals surface area contributed by atoms with Gasteiger partial charge in [-0.1, -0.05) is 30.9 Å². The zero-order valence-corrected chi connectivity index (χ0v) is 11.7. The highest BCUT2D eigenvalue weighted by Crippen LogP contribution is 2.14. The summed E-state index contributed by atoms with van der Waals surface area (Å²) >= 11 is 0. The number of benzene rings is 1. The molecule has 1 fully saturated rings. The molecule has 1 aliphatic heterocycles. The van der Waals surface area contributed by atoms with Gasteiger partial charge < -0.3 is 10.4 Å². The summed E-state index contributed by atoms with van der Waals surface area (Å²) in [6.07, 6.45) is 0.825. The molecule has 106 valence electrons. The Morgan fingerprint density at radius 3 is 2.80 bits per heavy atom. The second-order valence-corrected chi connectivity index (χ2v) is 4.84. The predicted molar refractivity (Wildman–Crippen MR) is 77.9 cm³/mol. The van der Waals surface area contributed by atoms with Crippen LogP contribution in [0.2, 0.25) is 0 Å². The molecule has 1 amide bonds. The van der Waals surface area contributed by atoms with Gasteiger partial charge in [0.05, 0.1) is 6.04 Å². The number of nitrogens with zero attached hydrogens (tertiary/aromatic N) is 1. The molecule has 1 heterocycles. The molecule has 0 saturated carbocycles. The standard InChI is InChI=1S/C16H20N2O2/c1-2-15-16(20)17-9-10-18(15)12-14-7-5-13(6-8-14)4-3-11-19/h5-8,15,19H,2,9-12H2,1H3,(H,17,20). The van der Waals surface area contributed by atoms with Crippen molar-refractivity contribution in [2.75, 3.05) is 19.7 Å². The molecule has 0 spiro atoms. The molecule has 0 bridgehead atoms. The molecule has 1 aromatic carbocycles. The lowest BCUT2D eigenvalue weighted by Gasteiger charge is -2.34. The smallest absolute Gasteiger partial charge is 0.237 e. The lowest BCUT2D eigenvalue weighted by atomic mass is 10.1. The number of aliphatic hydroxyl groups is 1. The number of carbonyl (C=O) groups is 1. The lowest BCUT2D eigenvalue weighted by Crippen LogP contribution is -2.54. The van der Waals surface area contributed by atoms with Gasteiger partial charge in [0.2, 0.25) is 5.91 Å². The average molecular weight is 272 g/mol. The molecule has 0 aliphatic carbocycles. The van der Waals surface area contributed by atoms with Crippen LogP contribution in [-0.2, 0) is 11.3 Å². The molecule has 1 atom stereocenters. The van der Waals surface area contributed by atoms with E-state index in [1.54, 1.807) is 0 Å². The normalized spacial score (nSPS) is 19.1. The summed E-state index contributed by atoms with van der Waals surface area (Å²) in [5, 5.41) is 11.6. The van der Waals surface area contributed by atoms with Crippen molar-refractivity contribution in [1.29, 1.82) is 0 Å². The number of amides is 1. The van der Waals surface area contributed by atoms with E-state index in [2.05, 4.69) is 22.1 Å². The lowest BCUT2D eigenvalue weighted by molar-refractivity contribution is -0.129. The van der Waals surface area contributed by atoms with Crippen molar-refractivity contribution in [3.63, 3.8) is 0 Å². The molecule has 1 unspecified atom stereocenters. The minimum atomic E-state index is -0.122. The molecule has 2 rings (SSSR count). The van der Waals surface area contributed by atoms with E-state index in [4.69, 9.17) is 5.11 Å². The Labute approximate surface area is 119 Å². The van der Waals surface area contributed by atoms with Gasteiger partial charge in [-0.2, -0.15) is 0 Å². The first-order valence-corrected chi connectivity index (χ1v) is 6.95. The summed E-state index contributed by atoms with van der Waals surface area (Å²) in [5.74, 6) is 5.63. The van der Waals surface area contributed by atoms with Crippen molar-refractivity contribution in [1.82, 2.24) is 10.2 Å². The average Bonchev–Trinajstić information content (AvgIpc) is 2.47. The fourth-order valence-electron chi connectivity index (χ4n) is 2.46. The third-order valence-corrected chi connectivity index (χ3v) is 3.48. The molecular formula is C16H20N2O2. The number of piperazine rings is 1. The van der Waals surface area contributed by atoms with Crippen molar-refractivity contribution in [3.05, 3.63) is 35.4 Å². The van der Waals surface area contributed by atoms with E-state index in [1.165, 1.54) is 5.56 Å². The fourth-order valence-corrected chi connectivity index (χ4v) is 2.46. The monoisotopic (exact) mass is 272 g/mol. The molecule has 0 aromatic heterocycles. The second kappa shape index (κ2) is 7.09. The molecule has 20 heavy (non-hydrogen) atoms. The van der Waals surface area contributed by atoms with Crippen LogP contribution < -0.4 is 5.32 Å². The highest BCUT2D eigenvalue weighted by Gasteiger charge is 2.27. The molecular weight excluding hydrogens is 252 g/mol. The maximum atomic E-state index is 11.8. The number of aliphatic hydroxyl groups excluding tert-OH is 1. The maximum absolute atomic E-state index is 11.8. The molecule has 1 saturated heterocycles. The largest absolute Gasteiger partial charge is 0.384 e.